The fourth-order valence-corrected chi connectivity index (χ4v) is 2.20. The average Bonchev–Trinajstić information content (AvgIpc) is 2.55. The molecule has 0 aromatic heterocycles. The Hall–Kier alpha value is -2.42. The summed E-state index contributed by atoms with van der Waals surface area (Å²) < 4.78 is 28.4. The number of anilines is 1. The first-order valence-electron chi connectivity index (χ1n) is 8.50. The van der Waals surface area contributed by atoms with Gasteiger partial charge in [-0.2, -0.15) is 0 Å². The first kappa shape index (κ1) is 21.6. The van der Waals surface area contributed by atoms with Crippen LogP contribution in [0.15, 0.2) is 23.2 Å². The van der Waals surface area contributed by atoms with Crippen molar-refractivity contribution < 1.29 is 13.6 Å². The molecule has 0 saturated carbocycles. The second-order valence-electron chi connectivity index (χ2n) is 6.06. The van der Waals surface area contributed by atoms with E-state index in [1.807, 2.05) is 25.9 Å². The number of nitrogens with zero attached hydrogens (tertiary/aromatic N) is 3. The molecule has 146 valence electrons. The predicted molar refractivity (Wildman–Crippen MR) is 100 cm³/mol. The Morgan fingerprint density at radius 2 is 1.92 bits per heavy atom. The summed E-state index contributed by atoms with van der Waals surface area (Å²) in [7, 11) is 3.81. The molecule has 0 heterocycles. The summed E-state index contributed by atoms with van der Waals surface area (Å²) in [6, 6.07) is 2.81. The summed E-state index contributed by atoms with van der Waals surface area (Å²) in [6.07, 6.45) is -0.128. The van der Waals surface area contributed by atoms with Crippen molar-refractivity contribution in [3.8, 4) is 0 Å². The van der Waals surface area contributed by atoms with Crippen LogP contribution in [0.5, 0.6) is 0 Å². The number of aliphatic imine (C=N–C) groups is 1. The molecule has 0 aliphatic rings. The third-order valence-corrected chi connectivity index (χ3v) is 3.50. The Bertz CT molecular complexity index is 603. The topological polar surface area (TPSA) is 86.0 Å². The number of nitrogens with one attached hydrogen (secondary N) is 2. The highest BCUT2D eigenvalue weighted by Crippen LogP contribution is 2.24. The standard InChI is InChI=1S/C17H28F2N6O/c1-5-9-22-17(26)25(15-13(18)7-6-8-14(15)19)12(2)23-16(20)21-10-11-24(3)4/h6-8,12H,5,9-11H2,1-4H3,(H,22,26)(H3,20,21,23). The van der Waals surface area contributed by atoms with Gasteiger partial charge < -0.3 is 21.3 Å². The number of rotatable bonds is 8. The summed E-state index contributed by atoms with van der Waals surface area (Å²) in [5, 5.41) is 5.43. The lowest BCUT2D eigenvalue weighted by atomic mass is 10.2. The average molecular weight is 370 g/mol. The zero-order valence-electron chi connectivity index (χ0n) is 15.7. The van der Waals surface area contributed by atoms with Crippen molar-refractivity contribution in [3.05, 3.63) is 29.8 Å². The van der Waals surface area contributed by atoms with Crippen molar-refractivity contribution in [3.63, 3.8) is 0 Å². The van der Waals surface area contributed by atoms with Crippen LogP contribution >= 0.6 is 0 Å². The SMILES string of the molecule is CCCNC(=O)N(c1c(F)cccc1F)C(C)NC(N)=NCCN(C)C. The van der Waals surface area contributed by atoms with Gasteiger partial charge in [0.2, 0.25) is 0 Å². The lowest BCUT2D eigenvalue weighted by molar-refractivity contribution is 0.243. The van der Waals surface area contributed by atoms with Gasteiger partial charge in [0.1, 0.15) is 23.5 Å². The molecule has 2 amide bonds. The van der Waals surface area contributed by atoms with Crippen LogP contribution in [0.2, 0.25) is 0 Å². The zero-order chi connectivity index (χ0) is 19.7. The van der Waals surface area contributed by atoms with Crippen molar-refractivity contribution in [2.24, 2.45) is 10.7 Å². The van der Waals surface area contributed by atoms with E-state index in [1.54, 1.807) is 6.92 Å². The Balaban J connectivity index is 3.03. The van der Waals surface area contributed by atoms with Gasteiger partial charge in [0.15, 0.2) is 5.96 Å². The molecule has 7 nitrogen and oxygen atoms in total. The highest BCUT2D eigenvalue weighted by atomic mass is 19.1. The number of nitrogens with two attached hydrogens (primary N) is 1. The molecule has 0 saturated heterocycles. The molecule has 1 aromatic carbocycles. The van der Waals surface area contributed by atoms with Crippen LogP contribution in [0.4, 0.5) is 19.3 Å². The van der Waals surface area contributed by atoms with Gasteiger partial charge >= 0.3 is 6.03 Å². The minimum Gasteiger partial charge on any atom is -0.370 e. The molecule has 0 aliphatic carbocycles. The van der Waals surface area contributed by atoms with Crippen molar-refractivity contribution in [2.45, 2.75) is 26.4 Å². The summed E-state index contributed by atoms with van der Waals surface area (Å²) in [5.41, 5.74) is 5.39. The van der Waals surface area contributed by atoms with Crippen molar-refractivity contribution in [1.29, 1.82) is 0 Å². The minimum atomic E-state index is -0.839. The van der Waals surface area contributed by atoms with E-state index in [0.717, 1.165) is 17.0 Å². The third-order valence-electron chi connectivity index (χ3n) is 3.50. The molecule has 0 spiro atoms. The lowest BCUT2D eigenvalue weighted by Crippen LogP contribution is -2.55. The molecule has 1 aromatic rings. The predicted octanol–water partition coefficient (Wildman–Crippen LogP) is 1.70. The van der Waals surface area contributed by atoms with Gasteiger partial charge in [0, 0.05) is 13.1 Å². The quantitative estimate of drug-likeness (QED) is 0.369. The van der Waals surface area contributed by atoms with Gasteiger partial charge in [-0.1, -0.05) is 13.0 Å². The van der Waals surface area contributed by atoms with Crippen molar-refractivity contribution in [1.82, 2.24) is 15.5 Å². The summed E-state index contributed by atoms with van der Waals surface area (Å²) in [6.45, 7) is 4.98. The minimum absolute atomic E-state index is 0.0874. The fourth-order valence-electron chi connectivity index (χ4n) is 2.20. The van der Waals surface area contributed by atoms with Gasteiger partial charge in [-0.15, -0.1) is 0 Å². The van der Waals surface area contributed by atoms with Crippen LogP contribution in [-0.4, -0.2) is 56.8 Å². The number of carbonyl (C=O) groups is 1. The molecule has 0 radical (unpaired) electrons. The van der Waals surface area contributed by atoms with Crippen LogP contribution < -0.4 is 21.3 Å². The molecular weight excluding hydrogens is 342 g/mol. The second-order valence-corrected chi connectivity index (χ2v) is 6.06. The van der Waals surface area contributed by atoms with E-state index in [-0.39, 0.29) is 5.96 Å². The first-order valence-corrected chi connectivity index (χ1v) is 8.50. The Labute approximate surface area is 153 Å². The van der Waals surface area contributed by atoms with Crippen LogP contribution in [0.1, 0.15) is 20.3 Å². The maximum absolute atomic E-state index is 14.2. The normalized spacial score (nSPS) is 12.8. The third kappa shape index (κ3) is 6.47. The maximum atomic E-state index is 14.2. The van der Waals surface area contributed by atoms with E-state index >= 15 is 0 Å². The number of hydrogen-bond acceptors (Lipinski definition) is 3. The number of carbonyl (C=O) groups excluding carboxylic acids is 1. The van der Waals surface area contributed by atoms with Crippen LogP contribution in [0.3, 0.4) is 0 Å². The lowest BCUT2D eigenvalue weighted by Gasteiger charge is -2.30. The van der Waals surface area contributed by atoms with E-state index < -0.39 is 29.5 Å². The van der Waals surface area contributed by atoms with E-state index in [9.17, 15) is 13.6 Å². The molecule has 1 rings (SSSR count). The van der Waals surface area contributed by atoms with Gasteiger partial charge in [0.05, 0.1) is 6.54 Å². The van der Waals surface area contributed by atoms with Crippen LogP contribution in [-0.2, 0) is 0 Å². The Morgan fingerprint density at radius 3 is 2.46 bits per heavy atom. The molecule has 9 heteroatoms. The molecule has 0 bridgehead atoms. The maximum Gasteiger partial charge on any atom is 0.323 e. The summed E-state index contributed by atoms with van der Waals surface area (Å²) in [5.74, 6) is -1.59. The van der Waals surface area contributed by atoms with Gasteiger partial charge in [-0.25, -0.2) is 13.6 Å². The Morgan fingerprint density at radius 1 is 1.31 bits per heavy atom. The molecule has 1 atom stereocenters. The summed E-state index contributed by atoms with van der Waals surface area (Å²) in [4.78, 5) is 19.5. The molecule has 4 N–H and O–H groups in total. The molecule has 26 heavy (non-hydrogen) atoms. The number of halogens is 2. The molecular formula is C17H28F2N6O. The fraction of sp³-hybridized carbons (Fsp3) is 0.529. The molecule has 0 fully saturated rings. The number of likely N-dealkylation sites (N-methyl/N-ethyl adjacent to an activating group) is 1. The zero-order valence-corrected chi connectivity index (χ0v) is 15.7. The van der Waals surface area contributed by atoms with Crippen LogP contribution in [0.25, 0.3) is 0 Å². The largest absolute Gasteiger partial charge is 0.370 e. The van der Waals surface area contributed by atoms with E-state index in [4.69, 9.17) is 5.73 Å². The highest BCUT2D eigenvalue weighted by Gasteiger charge is 2.27. The van der Waals surface area contributed by atoms with Gasteiger partial charge in [-0.3, -0.25) is 9.89 Å². The number of amides is 2. The first-order chi connectivity index (χ1) is 12.3. The molecule has 0 aliphatic heterocycles. The second kappa shape index (κ2) is 10.5. The number of urea groups is 1. The molecule has 1 unspecified atom stereocenters. The van der Waals surface area contributed by atoms with Crippen LogP contribution in [0, 0.1) is 11.6 Å². The van der Waals surface area contributed by atoms with Gasteiger partial charge in [-0.05, 0) is 39.6 Å². The van der Waals surface area contributed by atoms with Gasteiger partial charge in [0.25, 0.3) is 0 Å². The van der Waals surface area contributed by atoms with E-state index in [0.29, 0.717) is 26.1 Å². The van der Waals surface area contributed by atoms with Crippen molar-refractivity contribution in [2.75, 3.05) is 38.6 Å². The number of guanidine groups is 1. The highest BCUT2D eigenvalue weighted by molar-refractivity contribution is 5.93. The number of hydrogen-bond donors (Lipinski definition) is 3. The Kier molecular flexibility index (Phi) is 8.77. The monoisotopic (exact) mass is 370 g/mol. The summed E-state index contributed by atoms with van der Waals surface area (Å²) >= 11 is 0. The van der Waals surface area contributed by atoms with E-state index in [2.05, 4.69) is 15.6 Å². The number of para-hydroxylation sites is 1. The van der Waals surface area contributed by atoms with E-state index in [1.165, 1.54) is 6.07 Å². The van der Waals surface area contributed by atoms with Crippen molar-refractivity contribution >= 4 is 17.7 Å². The smallest absolute Gasteiger partial charge is 0.323 e. The number of benzene rings is 1.